The number of halogens is 1. The van der Waals surface area contributed by atoms with Crippen LogP contribution in [0.4, 0.5) is 0 Å². The van der Waals surface area contributed by atoms with Crippen molar-refractivity contribution in [3.63, 3.8) is 0 Å². The molecular weight excluding hydrogens is 326 g/mol. The molecule has 20 heavy (non-hydrogen) atoms. The van der Waals surface area contributed by atoms with Crippen LogP contribution in [-0.4, -0.2) is 32.8 Å². The molecule has 0 heterocycles. The number of esters is 1. The SMILES string of the molecule is CCOC(=O)C(C)Oc1c(Br)cc(CNC)cc1OC. The Morgan fingerprint density at radius 2 is 2.15 bits per heavy atom. The van der Waals surface area contributed by atoms with E-state index in [2.05, 4.69) is 21.2 Å². The molecule has 0 saturated heterocycles. The highest BCUT2D eigenvalue weighted by molar-refractivity contribution is 9.10. The first-order valence-electron chi connectivity index (χ1n) is 6.37. The second-order valence-corrected chi connectivity index (χ2v) is 5.01. The molecule has 0 aliphatic carbocycles. The van der Waals surface area contributed by atoms with Crippen molar-refractivity contribution >= 4 is 21.9 Å². The molecule has 0 aromatic heterocycles. The summed E-state index contributed by atoms with van der Waals surface area (Å²) in [5, 5.41) is 3.07. The van der Waals surface area contributed by atoms with Crippen molar-refractivity contribution in [1.29, 1.82) is 0 Å². The van der Waals surface area contributed by atoms with E-state index in [0.29, 0.717) is 24.7 Å². The minimum Gasteiger partial charge on any atom is -0.493 e. The zero-order valence-corrected chi connectivity index (χ0v) is 13.7. The van der Waals surface area contributed by atoms with Gasteiger partial charge in [0.2, 0.25) is 0 Å². The largest absolute Gasteiger partial charge is 0.493 e. The topological polar surface area (TPSA) is 56.8 Å². The van der Waals surface area contributed by atoms with Gasteiger partial charge in [-0.25, -0.2) is 4.79 Å². The predicted octanol–water partition coefficient (Wildman–Crippen LogP) is 2.51. The van der Waals surface area contributed by atoms with Crippen molar-refractivity contribution in [2.24, 2.45) is 0 Å². The lowest BCUT2D eigenvalue weighted by molar-refractivity contribution is -0.150. The molecule has 0 aliphatic rings. The van der Waals surface area contributed by atoms with Crippen LogP contribution >= 0.6 is 15.9 Å². The van der Waals surface area contributed by atoms with Crippen molar-refractivity contribution in [2.75, 3.05) is 20.8 Å². The van der Waals surface area contributed by atoms with Crippen LogP contribution < -0.4 is 14.8 Å². The Labute approximate surface area is 127 Å². The quantitative estimate of drug-likeness (QED) is 0.769. The number of rotatable bonds is 7. The van der Waals surface area contributed by atoms with E-state index >= 15 is 0 Å². The van der Waals surface area contributed by atoms with E-state index in [1.165, 1.54) is 0 Å². The first kappa shape index (κ1) is 16.8. The van der Waals surface area contributed by atoms with Gasteiger partial charge in [0.15, 0.2) is 17.6 Å². The van der Waals surface area contributed by atoms with Crippen molar-refractivity contribution < 1.29 is 19.0 Å². The number of methoxy groups -OCH3 is 1. The Morgan fingerprint density at radius 1 is 1.45 bits per heavy atom. The normalized spacial score (nSPS) is 11.8. The second kappa shape index (κ2) is 8.11. The maximum Gasteiger partial charge on any atom is 0.347 e. The highest BCUT2D eigenvalue weighted by Gasteiger charge is 2.20. The molecule has 0 aliphatic heterocycles. The summed E-state index contributed by atoms with van der Waals surface area (Å²) in [6.45, 7) is 4.44. The number of hydrogen-bond donors (Lipinski definition) is 1. The Kier molecular flexibility index (Phi) is 6.81. The highest BCUT2D eigenvalue weighted by Crippen LogP contribution is 2.37. The van der Waals surface area contributed by atoms with Gasteiger partial charge in [-0.05, 0) is 54.5 Å². The van der Waals surface area contributed by atoms with Gasteiger partial charge in [0.05, 0.1) is 18.2 Å². The first-order chi connectivity index (χ1) is 9.53. The number of ether oxygens (including phenoxy) is 3. The maximum absolute atomic E-state index is 11.6. The van der Waals surface area contributed by atoms with Gasteiger partial charge >= 0.3 is 5.97 Å². The summed E-state index contributed by atoms with van der Waals surface area (Å²) in [6, 6.07) is 3.79. The van der Waals surface area contributed by atoms with Crippen LogP contribution in [0.2, 0.25) is 0 Å². The molecule has 112 valence electrons. The molecule has 0 amide bonds. The van der Waals surface area contributed by atoms with Crippen molar-refractivity contribution in [3.8, 4) is 11.5 Å². The van der Waals surface area contributed by atoms with E-state index in [4.69, 9.17) is 14.2 Å². The van der Waals surface area contributed by atoms with Gasteiger partial charge in [-0.15, -0.1) is 0 Å². The standard InChI is InChI=1S/C14H20BrNO4/c1-5-19-14(17)9(2)20-13-11(15)6-10(8-16-3)7-12(13)18-4/h6-7,9,16H,5,8H2,1-4H3. The lowest BCUT2D eigenvalue weighted by Gasteiger charge is -2.18. The number of carbonyl (C=O) groups is 1. The van der Waals surface area contributed by atoms with Crippen LogP contribution in [0.25, 0.3) is 0 Å². The third kappa shape index (κ3) is 4.38. The average molecular weight is 346 g/mol. The van der Waals surface area contributed by atoms with Gasteiger partial charge in [0, 0.05) is 6.54 Å². The molecule has 0 spiro atoms. The molecule has 1 atom stereocenters. The van der Waals surface area contributed by atoms with Gasteiger partial charge in [-0.2, -0.15) is 0 Å². The molecule has 1 N–H and O–H groups in total. The Hall–Kier alpha value is -1.27. The van der Waals surface area contributed by atoms with E-state index < -0.39 is 12.1 Å². The lowest BCUT2D eigenvalue weighted by Crippen LogP contribution is -2.26. The van der Waals surface area contributed by atoms with Gasteiger partial charge < -0.3 is 19.5 Å². The Balaban J connectivity index is 2.96. The fourth-order valence-electron chi connectivity index (χ4n) is 1.68. The summed E-state index contributed by atoms with van der Waals surface area (Å²) in [7, 11) is 3.43. The molecule has 1 rings (SSSR count). The smallest absolute Gasteiger partial charge is 0.347 e. The number of hydrogen-bond acceptors (Lipinski definition) is 5. The van der Waals surface area contributed by atoms with Crippen molar-refractivity contribution in [2.45, 2.75) is 26.5 Å². The Morgan fingerprint density at radius 3 is 2.70 bits per heavy atom. The van der Waals surface area contributed by atoms with Crippen LogP contribution in [0.5, 0.6) is 11.5 Å². The molecule has 0 radical (unpaired) electrons. The van der Waals surface area contributed by atoms with Crippen LogP contribution in [0.15, 0.2) is 16.6 Å². The van der Waals surface area contributed by atoms with Crippen molar-refractivity contribution in [1.82, 2.24) is 5.32 Å². The van der Waals surface area contributed by atoms with E-state index in [1.807, 2.05) is 19.2 Å². The molecule has 0 bridgehead atoms. The minimum atomic E-state index is -0.699. The second-order valence-electron chi connectivity index (χ2n) is 4.15. The van der Waals surface area contributed by atoms with Crippen LogP contribution in [0.3, 0.4) is 0 Å². The summed E-state index contributed by atoms with van der Waals surface area (Å²) < 4.78 is 16.6. The summed E-state index contributed by atoms with van der Waals surface area (Å²) in [5.41, 5.74) is 1.05. The van der Waals surface area contributed by atoms with E-state index in [9.17, 15) is 4.79 Å². The van der Waals surface area contributed by atoms with Gasteiger partial charge in [-0.3, -0.25) is 0 Å². The summed E-state index contributed by atoms with van der Waals surface area (Å²) in [4.78, 5) is 11.6. The summed E-state index contributed by atoms with van der Waals surface area (Å²) in [5.74, 6) is 0.662. The Bertz CT molecular complexity index is 465. The number of carbonyl (C=O) groups excluding carboxylic acids is 1. The number of benzene rings is 1. The molecule has 5 nitrogen and oxygen atoms in total. The maximum atomic E-state index is 11.6. The van der Waals surface area contributed by atoms with Crippen LogP contribution in [0.1, 0.15) is 19.4 Å². The van der Waals surface area contributed by atoms with Gasteiger partial charge in [-0.1, -0.05) is 0 Å². The third-order valence-electron chi connectivity index (χ3n) is 2.58. The molecule has 1 aromatic rings. The lowest BCUT2D eigenvalue weighted by atomic mass is 10.2. The summed E-state index contributed by atoms with van der Waals surface area (Å²) >= 11 is 3.44. The van der Waals surface area contributed by atoms with E-state index in [-0.39, 0.29) is 0 Å². The van der Waals surface area contributed by atoms with Crippen LogP contribution in [0, 0.1) is 0 Å². The van der Waals surface area contributed by atoms with Crippen molar-refractivity contribution in [3.05, 3.63) is 22.2 Å². The fraction of sp³-hybridized carbons (Fsp3) is 0.500. The monoisotopic (exact) mass is 345 g/mol. The van der Waals surface area contributed by atoms with Gasteiger partial charge in [0.1, 0.15) is 0 Å². The predicted molar refractivity (Wildman–Crippen MR) is 80.2 cm³/mol. The molecule has 1 unspecified atom stereocenters. The highest BCUT2D eigenvalue weighted by atomic mass is 79.9. The first-order valence-corrected chi connectivity index (χ1v) is 7.17. The fourth-order valence-corrected chi connectivity index (χ4v) is 2.26. The number of nitrogens with one attached hydrogen (secondary N) is 1. The molecule has 6 heteroatoms. The molecule has 1 aromatic carbocycles. The zero-order valence-electron chi connectivity index (χ0n) is 12.2. The molecular formula is C14H20BrNO4. The average Bonchev–Trinajstić information content (AvgIpc) is 2.41. The van der Waals surface area contributed by atoms with E-state index in [0.717, 1.165) is 10.0 Å². The van der Waals surface area contributed by atoms with Gasteiger partial charge in [0.25, 0.3) is 0 Å². The zero-order chi connectivity index (χ0) is 15.1. The third-order valence-corrected chi connectivity index (χ3v) is 3.17. The minimum absolute atomic E-state index is 0.325. The molecule has 0 fully saturated rings. The summed E-state index contributed by atoms with van der Waals surface area (Å²) in [6.07, 6.45) is -0.699. The molecule has 0 saturated carbocycles. The van der Waals surface area contributed by atoms with E-state index in [1.54, 1.807) is 21.0 Å². The van der Waals surface area contributed by atoms with Crippen LogP contribution in [-0.2, 0) is 16.1 Å².